The molecular formula is C14H16N2O2. The quantitative estimate of drug-likeness (QED) is 0.763. The van der Waals surface area contributed by atoms with Crippen molar-refractivity contribution in [2.24, 2.45) is 0 Å². The van der Waals surface area contributed by atoms with Gasteiger partial charge in [0.25, 0.3) is 0 Å². The van der Waals surface area contributed by atoms with Crippen molar-refractivity contribution in [3.8, 4) is 6.07 Å². The van der Waals surface area contributed by atoms with Crippen LogP contribution >= 0.6 is 0 Å². The predicted molar refractivity (Wildman–Crippen MR) is 68.8 cm³/mol. The highest BCUT2D eigenvalue weighted by molar-refractivity contribution is 5.78. The van der Waals surface area contributed by atoms with Gasteiger partial charge < -0.3 is 9.64 Å². The van der Waals surface area contributed by atoms with Crippen molar-refractivity contribution in [2.75, 3.05) is 24.6 Å². The number of nitriles is 1. The molecule has 0 aliphatic carbocycles. The lowest BCUT2D eigenvalue weighted by atomic mass is 10.1. The Kier molecular flexibility index (Phi) is 3.96. The Morgan fingerprint density at radius 3 is 3.11 bits per heavy atom. The van der Waals surface area contributed by atoms with Crippen molar-refractivity contribution < 1.29 is 9.53 Å². The van der Waals surface area contributed by atoms with Gasteiger partial charge in [0.15, 0.2) is 0 Å². The SMILES string of the molecule is CCC1CN(c2ccc(C=O)cc2C#N)CCO1. The fourth-order valence-corrected chi connectivity index (χ4v) is 2.18. The average Bonchev–Trinajstić information content (AvgIpc) is 2.46. The van der Waals surface area contributed by atoms with Gasteiger partial charge in [-0.25, -0.2) is 0 Å². The largest absolute Gasteiger partial charge is 0.375 e. The van der Waals surface area contributed by atoms with Crippen LogP contribution in [0.5, 0.6) is 0 Å². The van der Waals surface area contributed by atoms with E-state index in [9.17, 15) is 4.79 Å². The number of hydrogen-bond donors (Lipinski definition) is 0. The van der Waals surface area contributed by atoms with Gasteiger partial charge in [0.1, 0.15) is 12.4 Å². The van der Waals surface area contributed by atoms with Crippen LogP contribution in [0.3, 0.4) is 0 Å². The van der Waals surface area contributed by atoms with Crippen molar-refractivity contribution >= 4 is 12.0 Å². The molecule has 1 aromatic rings. The molecule has 1 heterocycles. The lowest BCUT2D eigenvalue weighted by molar-refractivity contribution is 0.0384. The zero-order valence-electron chi connectivity index (χ0n) is 10.4. The summed E-state index contributed by atoms with van der Waals surface area (Å²) < 4.78 is 5.62. The van der Waals surface area contributed by atoms with Crippen LogP contribution in [0.15, 0.2) is 18.2 Å². The topological polar surface area (TPSA) is 53.3 Å². The first-order chi connectivity index (χ1) is 8.78. The molecular weight excluding hydrogens is 228 g/mol. The second-order valence-electron chi connectivity index (χ2n) is 4.35. The summed E-state index contributed by atoms with van der Waals surface area (Å²) in [5.41, 5.74) is 1.98. The summed E-state index contributed by atoms with van der Waals surface area (Å²) in [4.78, 5) is 12.9. The van der Waals surface area contributed by atoms with E-state index in [-0.39, 0.29) is 6.10 Å². The Morgan fingerprint density at radius 2 is 2.44 bits per heavy atom. The molecule has 0 amide bonds. The van der Waals surface area contributed by atoms with Crippen LogP contribution in [0.2, 0.25) is 0 Å². The molecule has 1 aromatic carbocycles. The van der Waals surface area contributed by atoms with Crippen LogP contribution in [0.4, 0.5) is 5.69 Å². The van der Waals surface area contributed by atoms with Gasteiger partial charge in [0, 0.05) is 18.7 Å². The predicted octanol–water partition coefficient (Wildman–Crippen LogP) is 1.99. The summed E-state index contributed by atoms with van der Waals surface area (Å²) in [6, 6.07) is 7.39. The Morgan fingerprint density at radius 1 is 1.61 bits per heavy atom. The van der Waals surface area contributed by atoms with Crippen molar-refractivity contribution in [1.82, 2.24) is 0 Å². The van der Waals surface area contributed by atoms with Gasteiger partial charge in [-0.05, 0) is 24.6 Å². The number of morpholine rings is 1. The Bertz CT molecular complexity index is 479. The minimum Gasteiger partial charge on any atom is -0.375 e. The lowest BCUT2D eigenvalue weighted by Crippen LogP contribution is -2.42. The third kappa shape index (κ3) is 2.52. The van der Waals surface area contributed by atoms with E-state index < -0.39 is 0 Å². The Labute approximate surface area is 107 Å². The molecule has 1 aliphatic rings. The molecule has 1 unspecified atom stereocenters. The zero-order valence-corrected chi connectivity index (χ0v) is 10.4. The number of rotatable bonds is 3. The number of aldehydes is 1. The first-order valence-corrected chi connectivity index (χ1v) is 6.14. The summed E-state index contributed by atoms with van der Waals surface area (Å²) in [5, 5.41) is 9.17. The maximum atomic E-state index is 10.7. The van der Waals surface area contributed by atoms with Crippen LogP contribution in [0, 0.1) is 11.3 Å². The van der Waals surface area contributed by atoms with E-state index in [1.807, 2.05) is 6.07 Å². The van der Waals surface area contributed by atoms with Crippen LogP contribution in [-0.4, -0.2) is 32.1 Å². The summed E-state index contributed by atoms with van der Waals surface area (Å²) in [5.74, 6) is 0. The molecule has 0 N–H and O–H groups in total. The summed E-state index contributed by atoms with van der Waals surface area (Å²) in [6.45, 7) is 4.35. The van der Waals surface area contributed by atoms with E-state index in [0.717, 1.165) is 31.5 Å². The molecule has 0 aromatic heterocycles. The molecule has 0 spiro atoms. The van der Waals surface area contributed by atoms with Gasteiger partial charge in [0.2, 0.25) is 0 Å². The number of carbonyl (C=O) groups is 1. The first-order valence-electron chi connectivity index (χ1n) is 6.14. The van der Waals surface area contributed by atoms with Crippen molar-refractivity contribution in [3.05, 3.63) is 29.3 Å². The maximum absolute atomic E-state index is 10.7. The molecule has 1 aliphatic heterocycles. The average molecular weight is 244 g/mol. The van der Waals surface area contributed by atoms with Gasteiger partial charge in [0.05, 0.1) is 24.0 Å². The van der Waals surface area contributed by atoms with Crippen LogP contribution in [0.1, 0.15) is 29.3 Å². The van der Waals surface area contributed by atoms with Crippen molar-refractivity contribution in [1.29, 1.82) is 5.26 Å². The Balaban J connectivity index is 2.27. The molecule has 4 heteroatoms. The van der Waals surface area contributed by atoms with E-state index >= 15 is 0 Å². The molecule has 1 fully saturated rings. The fourth-order valence-electron chi connectivity index (χ4n) is 2.18. The van der Waals surface area contributed by atoms with Gasteiger partial charge >= 0.3 is 0 Å². The van der Waals surface area contributed by atoms with Gasteiger partial charge in [-0.1, -0.05) is 6.92 Å². The molecule has 0 radical (unpaired) electrons. The third-order valence-electron chi connectivity index (χ3n) is 3.21. The molecule has 0 bridgehead atoms. The highest BCUT2D eigenvalue weighted by atomic mass is 16.5. The molecule has 1 atom stereocenters. The molecule has 0 saturated carbocycles. The smallest absolute Gasteiger partial charge is 0.150 e. The van der Waals surface area contributed by atoms with Gasteiger partial charge in [-0.2, -0.15) is 5.26 Å². The van der Waals surface area contributed by atoms with E-state index in [4.69, 9.17) is 10.00 Å². The van der Waals surface area contributed by atoms with Crippen LogP contribution in [-0.2, 0) is 4.74 Å². The lowest BCUT2D eigenvalue weighted by Gasteiger charge is -2.34. The summed E-state index contributed by atoms with van der Waals surface area (Å²) in [7, 11) is 0. The number of nitrogens with zero attached hydrogens (tertiary/aromatic N) is 2. The molecule has 18 heavy (non-hydrogen) atoms. The molecule has 94 valence electrons. The molecule has 1 saturated heterocycles. The fraction of sp³-hybridized carbons (Fsp3) is 0.429. The molecule has 4 nitrogen and oxygen atoms in total. The van der Waals surface area contributed by atoms with Crippen LogP contribution in [0.25, 0.3) is 0 Å². The highest BCUT2D eigenvalue weighted by Gasteiger charge is 2.21. The standard InChI is InChI=1S/C14H16N2O2/c1-2-13-9-16(5-6-18-13)14-4-3-11(10-17)7-12(14)8-15/h3-4,7,10,13H,2,5-6,9H2,1H3. The van der Waals surface area contributed by atoms with Gasteiger partial charge in [-0.3, -0.25) is 4.79 Å². The second kappa shape index (κ2) is 5.65. The minimum atomic E-state index is 0.219. The number of benzene rings is 1. The number of ether oxygens (including phenoxy) is 1. The minimum absolute atomic E-state index is 0.219. The van der Waals surface area contributed by atoms with Gasteiger partial charge in [-0.15, -0.1) is 0 Å². The first kappa shape index (κ1) is 12.6. The highest BCUT2D eigenvalue weighted by Crippen LogP contribution is 2.23. The zero-order chi connectivity index (χ0) is 13.0. The Hall–Kier alpha value is -1.86. The second-order valence-corrected chi connectivity index (χ2v) is 4.35. The monoisotopic (exact) mass is 244 g/mol. The molecule has 2 rings (SSSR count). The maximum Gasteiger partial charge on any atom is 0.150 e. The number of hydrogen-bond acceptors (Lipinski definition) is 4. The van der Waals surface area contributed by atoms with Crippen LogP contribution < -0.4 is 4.90 Å². The number of carbonyl (C=O) groups excluding carboxylic acids is 1. The normalized spacial score (nSPS) is 19.3. The summed E-state index contributed by atoms with van der Waals surface area (Å²) in [6.07, 6.45) is 1.94. The van der Waals surface area contributed by atoms with Crippen molar-refractivity contribution in [2.45, 2.75) is 19.4 Å². The number of anilines is 1. The van der Waals surface area contributed by atoms with Crippen molar-refractivity contribution in [3.63, 3.8) is 0 Å². The van der Waals surface area contributed by atoms with E-state index in [1.54, 1.807) is 12.1 Å². The van der Waals surface area contributed by atoms with E-state index in [2.05, 4.69) is 17.9 Å². The van der Waals surface area contributed by atoms with E-state index in [0.29, 0.717) is 17.7 Å². The van der Waals surface area contributed by atoms with E-state index in [1.165, 1.54) is 0 Å². The summed E-state index contributed by atoms with van der Waals surface area (Å²) >= 11 is 0. The third-order valence-corrected chi connectivity index (χ3v) is 3.21.